The summed E-state index contributed by atoms with van der Waals surface area (Å²) in [6.07, 6.45) is -0.710. The van der Waals surface area contributed by atoms with E-state index in [0.717, 1.165) is 0 Å². The van der Waals surface area contributed by atoms with Gasteiger partial charge in [-0.3, -0.25) is 0 Å². The number of nitrogen functional groups attached to an aromatic ring is 1. The number of benzene rings is 2. The first-order valence-corrected chi connectivity index (χ1v) is 6.81. The molecule has 0 aromatic heterocycles. The van der Waals surface area contributed by atoms with Gasteiger partial charge in [-0.15, -0.1) is 0 Å². The highest BCUT2D eigenvalue weighted by atomic mass is 79.9. The fourth-order valence-electron chi connectivity index (χ4n) is 1.85. The molecule has 0 fully saturated rings. The molecule has 1 unspecified atom stereocenters. The van der Waals surface area contributed by atoms with Crippen molar-refractivity contribution in [3.8, 4) is 0 Å². The van der Waals surface area contributed by atoms with Crippen molar-refractivity contribution in [1.82, 2.24) is 0 Å². The standard InChI is InChI=1S/C14H12BrClFNO/c15-9-2-1-8(12(17)6-9)5-14(19)11-4-3-10(16)7-13(11)18/h1-4,6-7,14,19H,5,18H2. The van der Waals surface area contributed by atoms with Crippen LogP contribution in [0.15, 0.2) is 40.9 Å². The maximum absolute atomic E-state index is 13.7. The van der Waals surface area contributed by atoms with Gasteiger partial charge in [0, 0.05) is 27.2 Å². The molecule has 3 N–H and O–H groups in total. The van der Waals surface area contributed by atoms with Crippen LogP contribution in [-0.2, 0) is 6.42 Å². The van der Waals surface area contributed by atoms with Gasteiger partial charge >= 0.3 is 0 Å². The van der Waals surface area contributed by atoms with E-state index in [1.54, 1.807) is 30.3 Å². The van der Waals surface area contributed by atoms with Crippen molar-refractivity contribution in [1.29, 1.82) is 0 Å². The number of rotatable bonds is 3. The van der Waals surface area contributed by atoms with Gasteiger partial charge in [-0.25, -0.2) is 4.39 Å². The van der Waals surface area contributed by atoms with Gasteiger partial charge in [0.1, 0.15) is 5.82 Å². The molecule has 5 heteroatoms. The average Bonchev–Trinajstić information content (AvgIpc) is 2.32. The van der Waals surface area contributed by atoms with E-state index in [9.17, 15) is 9.50 Å². The lowest BCUT2D eigenvalue weighted by atomic mass is 10.00. The molecule has 0 heterocycles. The molecule has 2 nitrogen and oxygen atoms in total. The molecule has 0 bridgehead atoms. The SMILES string of the molecule is Nc1cc(Cl)ccc1C(O)Cc1ccc(Br)cc1F. The van der Waals surface area contributed by atoms with Crippen molar-refractivity contribution in [2.24, 2.45) is 0 Å². The Morgan fingerprint density at radius 2 is 2.00 bits per heavy atom. The van der Waals surface area contributed by atoms with Crippen LogP contribution in [0.5, 0.6) is 0 Å². The molecule has 0 aliphatic carbocycles. The molecule has 1 atom stereocenters. The van der Waals surface area contributed by atoms with Crippen LogP contribution in [0, 0.1) is 5.82 Å². The van der Waals surface area contributed by atoms with Crippen LogP contribution >= 0.6 is 27.5 Å². The van der Waals surface area contributed by atoms with Gasteiger partial charge in [0.05, 0.1) is 6.10 Å². The maximum atomic E-state index is 13.7. The quantitative estimate of drug-likeness (QED) is 0.824. The second-order valence-corrected chi connectivity index (χ2v) is 5.58. The zero-order valence-electron chi connectivity index (χ0n) is 9.91. The summed E-state index contributed by atoms with van der Waals surface area (Å²) in [4.78, 5) is 0. The highest BCUT2D eigenvalue weighted by molar-refractivity contribution is 9.10. The minimum absolute atomic E-state index is 0.158. The van der Waals surface area contributed by atoms with Gasteiger partial charge in [0.25, 0.3) is 0 Å². The topological polar surface area (TPSA) is 46.2 Å². The van der Waals surface area contributed by atoms with Gasteiger partial charge in [0.2, 0.25) is 0 Å². The van der Waals surface area contributed by atoms with E-state index >= 15 is 0 Å². The summed E-state index contributed by atoms with van der Waals surface area (Å²) in [6, 6.07) is 9.60. The van der Waals surface area contributed by atoms with Crippen molar-refractivity contribution < 1.29 is 9.50 Å². The van der Waals surface area contributed by atoms with E-state index in [2.05, 4.69) is 15.9 Å². The van der Waals surface area contributed by atoms with Crippen molar-refractivity contribution in [2.45, 2.75) is 12.5 Å². The minimum atomic E-state index is -0.868. The Hall–Kier alpha value is -1.10. The summed E-state index contributed by atoms with van der Waals surface area (Å²) in [5, 5.41) is 10.6. The number of hydrogen-bond donors (Lipinski definition) is 2. The normalized spacial score (nSPS) is 12.4. The largest absolute Gasteiger partial charge is 0.398 e. The Balaban J connectivity index is 2.23. The lowest BCUT2D eigenvalue weighted by Crippen LogP contribution is -2.06. The van der Waals surface area contributed by atoms with Crippen LogP contribution in [-0.4, -0.2) is 5.11 Å². The molecular weight excluding hydrogens is 333 g/mol. The molecule has 0 radical (unpaired) electrons. The summed E-state index contributed by atoms with van der Waals surface area (Å²) in [5.74, 6) is -0.360. The van der Waals surface area contributed by atoms with Crippen LogP contribution in [0.2, 0.25) is 5.02 Å². The summed E-state index contributed by atoms with van der Waals surface area (Å²) < 4.78 is 14.4. The molecule has 0 spiro atoms. The molecule has 100 valence electrons. The second kappa shape index (κ2) is 5.90. The van der Waals surface area contributed by atoms with E-state index < -0.39 is 6.10 Å². The first kappa shape index (κ1) is 14.3. The lowest BCUT2D eigenvalue weighted by Gasteiger charge is -2.14. The molecule has 0 saturated heterocycles. The molecular formula is C14H12BrClFNO. The summed E-state index contributed by atoms with van der Waals surface area (Å²) in [6.45, 7) is 0. The van der Waals surface area contributed by atoms with Gasteiger partial charge in [-0.1, -0.05) is 39.7 Å². The Morgan fingerprint density at radius 1 is 1.26 bits per heavy atom. The van der Waals surface area contributed by atoms with E-state index in [-0.39, 0.29) is 12.2 Å². The van der Waals surface area contributed by atoms with Crippen LogP contribution in [0.25, 0.3) is 0 Å². The van der Waals surface area contributed by atoms with Crippen LogP contribution in [0.1, 0.15) is 17.2 Å². The Kier molecular flexibility index (Phi) is 4.45. The molecule has 0 aliphatic rings. The molecule has 0 aliphatic heterocycles. The zero-order valence-corrected chi connectivity index (χ0v) is 12.2. The van der Waals surface area contributed by atoms with Crippen LogP contribution in [0.3, 0.4) is 0 Å². The molecule has 2 aromatic carbocycles. The van der Waals surface area contributed by atoms with Crippen molar-refractivity contribution >= 4 is 33.2 Å². The molecule has 2 rings (SSSR count). The average molecular weight is 345 g/mol. The van der Waals surface area contributed by atoms with Gasteiger partial charge in [0.15, 0.2) is 0 Å². The monoisotopic (exact) mass is 343 g/mol. The number of hydrogen-bond acceptors (Lipinski definition) is 2. The predicted octanol–water partition coefficient (Wildman–Crippen LogP) is 4.10. The van der Waals surface area contributed by atoms with Gasteiger partial charge < -0.3 is 10.8 Å². The number of anilines is 1. The third-order valence-corrected chi connectivity index (χ3v) is 3.56. The number of halogens is 3. The molecule has 0 amide bonds. The predicted molar refractivity (Wildman–Crippen MR) is 78.6 cm³/mol. The Morgan fingerprint density at radius 3 is 2.63 bits per heavy atom. The van der Waals surface area contributed by atoms with Crippen LogP contribution in [0.4, 0.5) is 10.1 Å². The minimum Gasteiger partial charge on any atom is -0.398 e. The fourth-order valence-corrected chi connectivity index (χ4v) is 2.37. The van der Waals surface area contributed by atoms with Gasteiger partial charge in [-0.05, 0) is 29.8 Å². The first-order valence-electron chi connectivity index (χ1n) is 5.64. The smallest absolute Gasteiger partial charge is 0.127 e. The highest BCUT2D eigenvalue weighted by Crippen LogP contribution is 2.27. The van der Waals surface area contributed by atoms with Crippen molar-refractivity contribution in [3.05, 3.63) is 62.8 Å². The Labute approximate surface area is 124 Å². The lowest BCUT2D eigenvalue weighted by molar-refractivity contribution is 0.178. The second-order valence-electron chi connectivity index (χ2n) is 4.23. The van der Waals surface area contributed by atoms with Crippen LogP contribution < -0.4 is 5.73 Å². The fraction of sp³-hybridized carbons (Fsp3) is 0.143. The highest BCUT2D eigenvalue weighted by Gasteiger charge is 2.14. The summed E-state index contributed by atoms with van der Waals surface area (Å²) in [7, 11) is 0. The first-order chi connectivity index (χ1) is 8.97. The molecule has 0 saturated carbocycles. The molecule has 2 aromatic rings. The summed E-state index contributed by atoms with van der Waals surface area (Å²) >= 11 is 8.99. The van der Waals surface area contributed by atoms with E-state index in [1.165, 1.54) is 6.07 Å². The molecule has 19 heavy (non-hydrogen) atoms. The third kappa shape index (κ3) is 3.47. The summed E-state index contributed by atoms with van der Waals surface area (Å²) in [5.41, 5.74) is 7.18. The maximum Gasteiger partial charge on any atom is 0.127 e. The van der Waals surface area contributed by atoms with Crippen molar-refractivity contribution in [2.75, 3.05) is 5.73 Å². The third-order valence-electron chi connectivity index (χ3n) is 2.84. The van der Waals surface area contributed by atoms with E-state index in [0.29, 0.717) is 26.3 Å². The van der Waals surface area contributed by atoms with E-state index in [4.69, 9.17) is 17.3 Å². The number of aliphatic hydroxyl groups is 1. The Bertz CT molecular complexity index is 606. The number of aliphatic hydroxyl groups excluding tert-OH is 1. The van der Waals surface area contributed by atoms with Gasteiger partial charge in [-0.2, -0.15) is 0 Å². The van der Waals surface area contributed by atoms with E-state index in [1.807, 2.05) is 0 Å². The zero-order chi connectivity index (χ0) is 14.0. The number of nitrogens with two attached hydrogens (primary N) is 1. The van der Waals surface area contributed by atoms with Crippen molar-refractivity contribution in [3.63, 3.8) is 0 Å².